The van der Waals surface area contributed by atoms with Crippen LogP contribution in [0, 0.1) is 0 Å². The average molecular weight is 512 g/mol. The van der Waals surface area contributed by atoms with Crippen molar-refractivity contribution in [3.8, 4) is 11.5 Å². The summed E-state index contributed by atoms with van der Waals surface area (Å²) in [5.41, 5.74) is 19.0. The molecular weight excluding hydrogens is 466 g/mol. The zero-order chi connectivity index (χ0) is 26.6. The summed E-state index contributed by atoms with van der Waals surface area (Å²) in [5, 5.41) is 16.4. The maximum absolute atomic E-state index is 9.75. The molecule has 8 heteroatoms. The smallest absolute Gasteiger partial charge is 0.160 e. The lowest BCUT2D eigenvalue weighted by molar-refractivity contribution is 0.297. The third-order valence-corrected chi connectivity index (χ3v) is 7.06. The molecule has 0 bridgehead atoms. The standard InChI is InChI=1S/C29H45N5O3/c1-32-25-10-8-21(7-6-15-34-13-4-5-14-34)17-24(25)29(31)23(12-16-35)20-33-28(30)19-22-9-11-26(36-2)27(18-22)37-3/h8-11,17-18,28,32-33,35H,4-7,12-16,19-20,30-31H2,1-3H3/b29-23-. The Kier molecular flexibility index (Phi) is 11.5. The van der Waals surface area contributed by atoms with Gasteiger partial charge in [-0.25, -0.2) is 0 Å². The van der Waals surface area contributed by atoms with Crippen LogP contribution in [0.25, 0.3) is 5.70 Å². The number of nitrogens with one attached hydrogen (secondary N) is 2. The van der Waals surface area contributed by atoms with Crippen LogP contribution in [-0.4, -0.2) is 70.2 Å². The molecule has 0 aromatic heterocycles. The summed E-state index contributed by atoms with van der Waals surface area (Å²) in [6.45, 7) is 4.11. The van der Waals surface area contributed by atoms with Crippen LogP contribution in [0.4, 0.5) is 5.69 Å². The van der Waals surface area contributed by atoms with E-state index in [1.54, 1.807) is 14.2 Å². The van der Waals surface area contributed by atoms with Crippen LogP contribution in [0.2, 0.25) is 0 Å². The Morgan fingerprint density at radius 1 is 1.05 bits per heavy atom. The topological polar surface area (TPSA) is 118 Å². The Hall–Kier alpha value is -2.78. The van der Waals surface area contributed by atoms with E-state index in [-0.39, 0.29) is 12.8 Å². The first-order valence-corrected chi connectivity index (χ1v) is 13.3. The molecule has 37 heavy (non-hydrogen) atoms. The van der Waals surface area contributed by atoms with E-state index in [4.69, 9.17) is 20.9 Å². The van der Waals surface area contributed by atoms with Gasteiger partial charge in [0.05, 0.1) is 20.4 Å². The van der Waals surface area contributed by atoms with Crippen molar-refractivity contribution in [1.82, 2.24) is 10.2 Å². The van der Waals surface area contributed by atoms with Crippen molar-refractivity contribution in [3.63, 3.8) is 0 Å². The van der Waals surface area contributed by atoms with Crippen LogP contribution in [0.3, 0.4) is 0 Å². The number of nitrogens with two attached hydrogens (primary N) is 2. The van der Waals surface area contributed by atoms with Gasteiger partial charge in [0.2, 0.25) is 0 Å². The third kappa shape index (κ3) is 8.36. The van der Waals surface area contributed by atoms with E-state index < -0.39 is 0 Å². The summed E-state index contributed by atoms with van der Waals surface area (Å²) in [5.74, 6) is 1.37. The van der Waals surface area contributed by atoms with Gasteiger partial charge in [-0.15, -0.1) is 0 Å². The zero-order valence-electron chi connectivity index (χ0n) is 22.7. The van der Waals surface area contributed by atoms with Crippen LogP contribution in [0.1, 0.15) is 42.4 Å². The minimum absolute atomic E-state index is 0.0209. The van der Waals surface area contributed by atoms with Crippen molar-refractivity contribution in [1.29, 1.82) is 0 Å². The highest BCUT2D eigenvalue weighted by molar-refractivity contribution is 5.77. The summed E-state index contributed by atoms with van der Waals surface area (Å²) in [6.07, 6.45) is 5.60. The summed E-state index contributed by atoms with van der Waals surface area (Å²) in [6, 6.07) is 12.3. The van der Waals surface area contributed by atoms with Crippen molar-refractivity contribution in [2.45, 2.75) is 44.7 Å². The van der Waals surface area contributed by atoms with Crippen molar-refractivity contribution < 1.29 is 14.6 Å². The molecular formula is C29H45N5O3. The molecule has 204 valence electrons. The highest BCUT2D eigenvalue weighted by Crippen LogP contribution is 2.28. The Labute approximate surface area is 222 Å². The molecule has 0 spiro atoms. The summed E-state index contributed by atoms with van der Waals surface area (Å²) < 4.78 is 10.7. The molecule has 0 amide bonds. The van der Waals surface area contributed by atoms with E-state index in [0.717, 1.165) is 41.8 Å². The van der Waals surface area contributed by atoms with E-state index in [2.05, 4.69) is 33.7 Å². The van der Waals surface area contributed by atoms with E-state index in [0.29, 0.717) is 36.6 Å². The molecule has 1 saturated heterocycles. The Morgan fingerprint density at radius 2 is 1.78 bits per heavy atom. The molecule has 1 heterocycles. The number of ether oxygens (including phenoxy) is 2. The van der Waals surface area contributed by atoms with Gasteiger partial charge >= 0.3 is 0 Å². The molecule has 0 aliphatic carbocycles. The van der Waals surface area contributed by atoms with Gasteiger partial charge in [0, 0.05) is 43.6 Å². The predicted octanol–water partition coefficient (Wildman–Crippen LogP) is 2.94. The number of rotatable bonds is 15. The second-order valence-corrected chi connectivity index (χ2v) is 9.65. The number of hydrogen-bond acceptors (Lipinski definition) is 8. The molecule has 1 unspecified atom stereocenters. The maximum atomic E-state index is 9.75. The second-order valence-electron chi connectivity index (χ2n) is 9.65. The highest BCUT2D eigenvalue weighted by Gasteiger charge is 2.15. The van der Waals surface area contributed by atoms with E-state index in [9.17, 15) is 5.11 Å². The maximum Gasteiger partial charge on any atom is 0.160 e. The van der Waals surface area contributed by atoms with Crippen molar-refractivity contribution in [3.05, 3.63) is 58.7 Å². The highest BCUT2D eigenvalue weighted by atomic mass is 16.5. The quantitative estimate of drug-likeness (QED) is 0.232. The van der Waals surface area contributed by atoms with E-state index >= 15 is 0 Å². The molecule has 8 nitrogen and oxygen atoms in total. The van der Waals surface area contributed by atoms with Crippen LogP contribution in [-0.2, 0) is 12.8 Å². The fraction of sp³-hybridized carbons (Fsp3) is 0.517. The largest absolute Gasteiger partial charge is 0.493 e. The number of benzene rings is 2. The number of aliphatic hydroxyl groups excluding tert-OH is 1. The van der Waals surface area contributed by atoms with Crippen molar-refractivity contribution in [2.75, 3.05) is 59.4 Å². The number of methoxy groups -OCH3 is 2. The molecule has 0 radical (unpaired) electrons. The van der Waals surface area contributed by atoms with Gasteiger partial charge in [-0.05, 0) is 92.7 Å². The number of hydrogen-bond donors (Lipinski definition) is 5. The normalized spacial score (nSPS) is 15.4. The summed E-state index contributed by atoms with van der Waals surface area (Å²) in [7, 11) is 5.15. The summed E-state index contributed by atoms with van der Waals surface area (Å²) >= 11 is 0. The molecule has 3 rings (SSSR count). The van der Waals surface area contributed by atoms with Gasteiger partial charge in [0.25, 0.3) is 0 Å². The van der Waals surface area contributed by atoms with Gasteiger partial charge in [0.15, 0.2) is 11.5 Å². The molecule has 2 aromatic carbocycles. The lowest BCUT2D eigenvalue weighted by atomic mass is 9.98. The van der Waals surface area contributed by atoms with Crippen molar-refractivity contribution >= 4 is 11.4 Å². The molecule has 1 fully saturated rings. The SMILES string of the molecule is CNc1ccc(CCCN2CCCC2)cc1/C(N)=C(\CCO)CNC(N)Cc1ccc(OC)c(OC)c1. The first-order chi connectivity index (χ1) is 18.0. The average Bonchev–Trinajstić information content (AvgIpc) is 3.44. The molecule has 1 aliphatic heterocycles. The van der Waals surface area contributed by atoms with E-state index in [1.807, 2.05) is 25.2 Å². The molecule has 0 saturated carbocycles. The van der Waals surface area contributed by atoms with Crippen LogP contribution >= 0.6 is 0 Å². The monoisotopic (exact) mass is 511 g/mol. The lowest BCUT2D eigenvalue weighted by Gasteiger charge is -2.20. The van der Waals surface area contributed by atoms with E-state index in [1.165, 1.54) is 31.5 Å². The molecule has 2 aromatic rings. The first-order valence-electron chi connectivity index (χ1n) is 13.3. The van der Waals surface area contributed by atoms with Gasteiger partial charge < -0.3 is 36.3 Å². The number of anilines is 1. The minimum Gasteiger partial charge on any atom is -0.493 e. The first kappa shape index (κ1) is 28.8. The predicted molar refractivity (Wildman–Crippen MR) is 152 cm³/mol. The second kappa shape index (κ2) is 14.8. The van der Waals surface area contributed by atoms with Gasteiger partial charge in [-0.3, -0.25) is 5.32 Å². The van der Waals surface area contributed by atoms with Crippen LogP contribution in [0.5, 0.6) is 11.5 Å². The third-order valence-electron chi connectivity index (χ3n) is 7.06. The minimum atomic E-state index is -0.291. The van der Waals surface area contributed by atoms with Gasteiger partial charge in [0.1, 0.15) is 0 Å². The van der Waals surface area contributed by atoms with Crippen LogP contribution in [0.15, 0.2) is 42.0 Å². The Bertz CT molecular complexity index is 1020. The van der Waals surface area contributed by atoms with Gasteiger partial charge in [-0.1, -0.05) is 12.1 Å². The molecule has 1 aliphatic rings. The Morgan fingerprint density at radius 3 is 2.46 bits per heavy atom. The zero-order valence-corrected chi connectivity index (χ0v) is 22.7. The number of aryl methyl sites for hydroxylation is 1. The fourth-order valence-corrected chi connectivity index (χ4v) is 4.93. The molecule has 7 N–H and O–H groups in total. The summed E-state index contributed by atoms with van der Waals surface area (Å²) in [4.78, 5) is 2.55. The number of likely N-dealkylation sites (tertiary alicyclic amines) is 1. The van der Waals surface area contributed by atoms with Gasteiger partial charge in [-0.2, -0.15) is 0 Å². The Balaban J connectivity index is 1.68. The number of nitrogens with zero attached hydrogens (tertiary/aromatic N) is 1. The lowest BCUT2D eigenvalue weighted by Crippen LogP contribution is -2.40. The fourth-order valence-electron chi connectivity index (χ4n) is 4.93. The van der Waals surface area contributed by atoms with Crippen LogP contribution < -0.4 is 31.6 Å². The number of aliphatic hydroxyl groups is 1. The van der Waals surface area contributed by atoms with Crippen molar-refractivity contribution in [2.24, 2.45) is 11.5 Å². The molecule has 1 atom stereocenters.